The molecular weight excluding hydrogens is 329 g/mol. The molecule has 2 unspecified atom stereocenters. The number of nitrogens with zero attached hydrogens (tertiary/aromatic N) is 2. The first-order valence-electron chi connectivity index (χ1n) is 7.97. The highest BCUT2D eigenvalue weighted by Gasteiger charge is 2.45. The van der Waals surface area contributed by atoms with Gasteiger partial charge in [-0.05, 0) is 50.8 Å². The van der Waals surface area contributed by atoms with Crippen molar-refractivity contribution in [1.82, 2.24) is 9.97 Å². The Morgan fingerprint density at radius 2 is 1.74 bits per heavy atom. The predicted molar refractivity (Wildman–Crippen MR) is 96.3 cm³/mol. The Balaban J connectivity index is 2.11. The van der Waals surface area contributed by atoms with Crippen molar-refractivity contribution in [3.63, 3.8) is 0 Å². The standard InChI is InChI=1S/C18H21Cl2N3/c1-11-6-5-9-18(11,17-21-12(2)10-13(3)22-17)23-16-14(19)7-4-8-15(16)20/h4,7-8,10-11,23H,5-6,9H2,1-3H3. The van der Waals surface area contributed by atoms with Crippen molar-refractivity contribution in [2.75, 3.05) is 5.32 Å². The van der Waals surface area contributed by atoms with Gasteiger partial charge in [0, 0.05) is 11.4 Å². The molecule has 5 heteroatoms. The summed E-state index contributed by atoms with van der Waals surface area (Å²) in [6.07, 6.45) is 3.23. The van der Waals surface area contributed by atoms with E-state index in [2.05, 4.69) is 12.2 Å². The summed E-state index contributed by atoms with van der Waals surface area (Å²) >= 11 is 12.8. The first-order chi connectivity index (χ1) is 10.9. The van der Waals surface area contributed by atoms with E-state index in [0.29, 0.717) is 16.0 Å². The van der Waals surface area contributed by atoms with Gasteiger partial charge in [0.2, 0.25) is 0 Å². The molecule has 1 fully saturated rings. The Morgan fingerprint density at radius 1 is 1.13 bits per heavy atom. The molecule has 23 heavy (non-hydrogen) atoms. The second kappa shape index (κ2) is 6.29. The van der Waals surface area contributed by atoms with Crippen LogP contribution in [0.2, 0.25) is 10.0 Å². The average molecular weight is 350 g/mol. The zero-order valence-corrected chi connectivity index (χ0v) is 15.2. The average Bonchev–Trinajstić information content (AvgIpc) is 2.84. The minimum Gasteiger partial charge on any atom is -0.370 e. The Labute approximate surface area is 147 Å². The van der Waals surface area contributed by atoms with Crippen molar-refractivity contribution in [3.05, 3.63) is 51.5 Å². The fraction of sp³-hybridized carbons (Fsp3) is 0.444. The second-order valence-corrected chi connectivity index (χ2v) is 7.28. The Hall–Kier alpha value is -1.32. The zero-order valence-electron chi connectivity index (χ0n) is 13.7. The lowest BCUT2D eigenvalue weighted by Crippen LogP contribution is -2.40. The van der Waals surface area contributed by atoms with Crippen molar-refractivity contribution < 1.29 is 0 Å². The molecule has 0 aliphatic heterocycles. The van der Waals surface area contributed by atoms with Crippen LogP contribution in [-0.2, 0) is 5.54 Å². The molecular formula is C18H21Cl2N3. The van der Waals surface area contributed by atoms with Gasteiger partial charge in [-0.1, -0.05) is 42.6 Å². The van der Waals surface area contributed by atoms with Crippen LogP contribution in [-0.4, -0.2) is 9.97 Å². The highest BCUT2D eigenvalue weighted by molar-refractivity contribution is 6.39. The van der Waals surface area contributed by atoms with Gasteiger partial charge in [0.1, 0.15) is 5.54 Å². The molecule has 0 bridgehead atoms. The summed E-state index contributed by atoms with van der Waals surface area (Å²) in [6, 6.07) is 7.56. The van der Waals surface area contributed by atoms with Gasteiger partial charge in [-0.25, -0.2) is 9.97 Å². The van der Waals surface area contributed by atoms with Crippen LogP contribution >= 0.6 is 23.2 Å². The van der Waals surface area contributed by atoms with E-state index in [9.17, 15) is 0 Å². The summed E-state index contributed by atoms with van der Waals surface area (Å²) in [5, 5.41) is 4.87. The highest BCUT2D eigenvalue weighted by Crippen LogP contribution is 2.46. The molecule has 1 aliphatic rings. The molecule has 2 atom stereocenters. The second-order valence-electron chi connectivity index (χ2n) is 6.46. The molecule has 2 aromatic rings. The molecule has 1 saturated carbocycles. The van der Waals surface area contributed by atoms with Crippen molar-refractivity contribution >= 4 is 28.9 Å². The zero-order chi connectivity index (χ0) is 16.6. The van der Waals surface area contributed by atoms with Crippen molar-refractivity contribution in [2.24, 2.45) is 5.92 Å². The van der Waals surface area contributed by atoms with Crippen LogP contribution in [0.15, 0.2) is 24.3 Å². The van der Waals surface area contributed by atoms with Crippen molar-refractivity contribution in [2.45, 2.75) is 45.6 Å². The lowest BCUT2D eigenvalue weighted by Gasteiger charge is -2.35. The number of benzene rings is 1. The number of rotatable bonds is 3. The smallest absolute Gasteiger partial charge is 0.154 e. The number of aryl methyl sites for hydroxylation is 2. The number of hydrogen-bond donors (Lipinski definition) is 1. The van der Waals surface area contributed by atoms with Crippen LogP contribution < -0.4 is 5.32 Å². The van der Waals surface area contributed by atoms with Crippen LogP contribution in [0.1, 0.15) is 43.4 Å². The Kier molecular flexibility index (Phi) is 4.52. The maximum absolute atomic E-state index is 6.38. The van der Waals surface area contributed by atoms with Gasteiger partial charge in [-0.15, -0.1) is 0 Å². The van der Waals surface area contributed by atoms with Crippen LogP contribution in [0.3, 0.4) is 0 Å². The fourth-order valence-electron chi connectivity index (χ4n) is 3.52. The molecule has 0 radical (unpaired) electrons. The minimum atomic E-state index is -0.328. The predicted octanol–water partition coefficient (Wildman–Crippen LogP) is 5.53. The van der Waals surface area contributed by atoms with Gasteiger partial charge in [-0.2, -0.15) is 0 Å². The number of hydrogen-bond acceptors (Lipinski definition) is 3. The van der Waals surface area contributed by atoms with Crippen molar-refractivity contribution in [1.29, 1.82) is 0 Å². The quantitative estimate of drug-likeness (QED) is 0.791. The van der Waals surface area contributed by atoms with Gasteiger partial charge in [0.25, 0.3) is 0 Å². The van der Waals surface area contributed by atoms with E-state index >= 15 is 0 Å². The third kappa shape index (κ3) is 3.05. The van der Waals surface area contributed by atoms with Gasteiger partial charge in [0.15, 0.2) is 5.82 Å². The highest BCUT2D eigenvalue weighted by atomic mass is 35.5. The minimum absolute atomic E-state index is 0.328. The molecule has 0 saturated heterocycles. The molecule has 1 heterocycles. The number of nitrogens with one attached hydrogen (secondary N) is 1. The summed E-state index contributed by atoms with van der Waals surface area (Å²) in [6.45, 7) is 6.26. The molecule has 1 N–H and O–H groups in total. The van der Waals surface area contributed by atoms with E-state index in [1.807, 2.05) is 38.1 Å². The van der Waals surface area contributed by atoms with Crippen LogP contribution in [0, 0.1) is 19.8 Å². The summed E-state index contributed by atoms with van der Waals surface area (Å²) < 4.78 is 0. The SMILES string of the molecule is Cc1cc(C)nc(C2(Nc3c(Cl)cccc3Cl)CCCC2C)n1. The Morgan fingerprint density at radius 3 is 2.26 bits per heavy atom. The molecule has 1 aromatic carbocycles. The maximum atomic E-state index is 6.38. The summed E-state index contributed by atoms with van der Waals surface area (Å²) in [5.74, 6) is 1.24. The van der Waals surface area contributed by atoms with E-state index in [1.165, 1.54) is 0 Å². The maximum Gasteiger partial charge on any atom is 0.154 e. The number of aromatic nitrogens is 2. The molecule has 122 valence electrons. The molecule has 3 nitrogen and oxygen atoms in total. The number of para-hydroxylation sites is 1. The molecule has 3 rings (SSSR count). The molecule has 1 aliphatic carbocycles. The lowest BCUT2D eigenvalue weighted by atomic mass is 9.86. The normalized spacial score (nSPS) is 24.0. The lowest BCUT2D eigenvalue weighted by molar-refractivity contribution is 0.362. The molecule has 0 spiro atoms. The monoisotopic (exact) mass is 349 g/mol. The Bertz CT molecular complexity index is 692. The van der Waals surface area contributed by atoms with E-state index in [-0.39, 0.29) is 5.54 Å². The van der Waals surface area contributed by atoms with Gasteiger partial charge < -0.3 is 5.32 Å². The van der Waals surface area contributed by atoms with E-state index in [1.54, 1.807) is 0 Å². The summed E-state index contributed by atoms with van der Waals surface area (Å²) in [4.78, 5) is 9.47. The van der Waals surface area contributed by atoms with E-state index in [0.717, 1.165) is 42.2 Å². The third-order valence-electron chi connectivity index (χ3n) is 4.74. The number of halogens is 2. The first kappa shape index (κ1) is 16.5. The van der Waals surface area contributed by atoms with Gasteiger partial charge >= 0.3 is 0 Å². The van der Waals surface area contributed by atoms with Crippen molar-refractivity contribution in [3.8, 4) is 0 Å². The van der Waals surface area contributed by atoms with E-state index < -0.39 is 0 Å². The van der Waals surface area contributed by atoms with E-state index in [4.69, 9.17) is 33.2 Å². The van der Waals surface area contributed by atoms with Gasteiger partial charge in [-0.3, -0.25) is 0 Å². The topological polar surface area (TPSA) is 37.8 Å². The van der Waals surface area contributed by atoms with Gasteiger partial charge in [0.05, 0.1) is 15.7 Å². The summed E-state index contributed by atoms with van der Waals surface area (Å²) in [5.41, 5.74) is 2.41. The van der Waals surface area contributed by atoms with Crippen LogP contribution in [0.25, 0.3) is 0 Å². The van der Waals surface area contributed by atoms with Crippen LogP contribution in [0.4, 0.5) is 5.69 Å². The van der Waals surface area contributed by atoms with Crippen LogP contribution in [0.5, 0.6) is 0 Å². The first-order valence-corrected chi connectivity index (χ1v) is 8.73. The largest absolute Gasteiger partial charge is 0.370 e. The third-order valence-corrected chi connectivity index (χ3v) is 5.37. The number of anilines is 1. The summed E-state index contributed by atoms with van der Waals surface area (Å²) in [7, 11) is 0. The fourth-order valence-corrected chi connectivity index (χ4v) is 4.01. The molecule has 1 aromatic heterocycles. The molecule has 0 amide bonds.